The van der Waals surface area contributed by atoms with Crippen molar-refractivity contribution in [2.24, 2.45) is 0 Å². The third kappa shape index (κ3) is 7.64. The lowest BCUT2D eigenvalue weighted by Crippen LogP contribution is -2.14. The number of hydrogen-bond donors (Lipinski definition) is 0. The number of esters is 1. The van der Waals surface area contributed by atoms with Crippen LogP contribution in [0.2, 0.25) is 0 Å². The minimum atomic E-state index is -4.14. The molecule has 0 fully saturated rings. The van der Waals surface area contributed by atoms with Gasteiger partial charge in [-0.2, -0.15) is 13.2 Å². The maximum Gasteiger partial charge on any atom is 0.389 e. The highest BCUT2D eigenvalue weighted by molar-refractivity contribution is 5.81. The van der Waals surface area contributed by atoms with Crippen molar-refractivity contribution in [3.8, 4) is 0 Å². The number of carbonyl (C=O) groups excluding carboxylic acids is 1. The van der Waals surface area contributed by atoms with E-state index in [4.69, 9.17) is 0 Å². The molecule has 0 radical (unpaired) electrons. The van der Waals surface area contributed by atoms with Crippen molar-refractivity contribution in [2.75, 3.05) is 0 Å². The monoisotopic (exact) mass is 210 g/mol. The number of halogens is 3. The van der Waals surface area contributed by atoms with Gasteiger partial charge >= 0.3 is 12.1 Å². The molecule has 0 aliphatic rings. The molecule has 0 heterocycles. The molecule has 0 aromatic carbocycles. The van der Waals surface area contributed by atoms with E-state index in [1.165, 1.54) is 0 Å². The summed E-state index contributed by atoms with van der Waals surface area (Å²) in [5, 5.41) is 0. The number of hydrogen-bond acceptors (Lipinski definition) is 2. The smallest absolute Gasteiger partial charge is 0.389 e. The lowest BCUT2D eigenvalue weighted by atomic mass is 10.2. The zero-order valence-corrected chi connectivity index (χ0v) is 7.93. The van der Waals surface area contributed by atoms with Crippen molar-refractivity contribution in [1.29, 1.82) is 0 Å². The molecule has 2 nitrogen and oxygen atoms in total. The van der Waals surface area contributed by atoms with Crippen LogP contribution in [0.15, 0.2) is 12.7 Å². The van der Waals surface area contributed by atoms with Crippen molar-refractivity contribution in [1.82, 2.24) is 0 Å². The first-order chi connectivity index (χ1) is 6.35. The van der Waals surface area contributed by atoms with E-state index in [0.29, 0.717) is 0 Å². The molecule has 0 aliphatic heterocycles. The Bertz CT molecular complexity index is 199. The van der Waals surface area contributed by atoms with Gasteiger partial charge in [0.15, 0.2) is 0 Å². The first kappa shape index (κ1) is 13.0. The second-order valence-electron chi connectivity index (χ2n) is 2.96. The SMILES string of the molecule is C=CC(=O)OC(C)CCCC(F)(F)F. The molecular weight excluding hydrogens is 197 g/mol. The molecule has 0 aromatic heterocycles. The molecule has 1 unspecified atom stereocenters. The van der Waals surface area contributed by atoms with Gasteiger partial charge < -0.3 is 4.74 Å². The summed E-state index contributed by atoms with van der Waals surface area (Å²) in [4.78, 5) is 10.6. The fraction of sp³-hybridized carbons (Fsp3) is 0.667. The van der Waals surface area contributed by atoms with Gasteiger partial charge in [0, 0.05) is 12.5 Å². The Morgan fingerprint density at radius 3 is 2.57 bits per heavy atom. The molecule has 0 bridgehead atoms. The molecule has 0 amide bonds. The molecule has 0 spiro atoms. The van der Waals surface area contributed by atoms with Crippen LogP contribution in [0, 0.1) is 0 Å². The predicted molar refractivity (Wildman–Crippen MR) is 45.7 cm³/mol. The second kappa shape index (κ2) is 5.67. The summed E-state index contributed by atoms with van der Waals surface area (Å²) >= 11 is 0. The third-order valence-electron chi connectivity index (χ3n) is 1.55. The zero-order valence-electron chi connectivity index (χ0n) is 7.93. The average molecular weight is 210 g/mol. The molecule has 0 rings (SSSR count). The van der Waals surface area contributed by atoms with Crippen molar-refractivity contribution in [2.45, 2.75) is 38.5 Å². The van der Waals surface area contributed by atoms with E-state index >= 15 is 0 Å². The summed E-state index contributed by atoms with van der Waals surface area (Å²) in [6.45, 7) is 4.73. The quantitative estimate of drug-likeness (QED) is 0.515. The number of carbonyl (C=O) groups is 1. The van der Waals surface area contributed by atoms with Crippen LogP contribution in [0.25, 0.3) is 0 Å². The largest absolute Gasteiger partial charge is 0.460 e. The van der Waals surface area contributed by atoms with E-state index < -0.39 is 24.7 Å². The van der Waals surface area contributed by atoms with Gasteiger partial charge in [0.05, 0.1) is 6.10 Å². The highest BCUT2D eigenvalue weighted by atomic mass is 19.4. The molecule has 1 atom stereocenters. The normalized spacial score (nSPS) is 13.4. The summed E-state index contributed by atoms with van der Waals surface area (Å²) in [5.74, 6) is -0.607. The van der Waals surface area contributed by atoms with Gasteiger partial charge in [-0.05, 0) is 19.8 Å². The lowest BCUT2D eigenvalue weighted by Gasteiger charge is -2.12. The molecule has 0 saturated heterocycles. The number of rotatable bonds is 5. The van der Waals surface area contributed by atoms with Crippen LogP contribution in [0.1, 0.15) is 26.2 Å². The molecule has 14 heavy (non-hydrogen) atoms. The fourth-order valence-corrected chi connectivity index (χ4v) is 0.895. The van der Waals surface area contributed by atoms with E-state index in [-0.39, 0.29) is 12.8 Å². The predicted octanol–water partition coefficient (Wildman–Crippen LogP) is 2.84. The minimum absolute atomic E-state index is 0.0326. The van der Waals surface area contributed by atoms with Crippen LogP contribution in [0.5, 0.6) is 0 Å². The van der Waals surface area contributed by atoms with E-state index in [2.05, 4.69) is 11.3 Å². The Labute approximate surface area is 80.7 Å². The summed E-state index contributed by atoms with van der Waals surface area (Å²) < 4.78 is 39.8. The summed E-state index contributed by atoms with van der Waals surface area (Å²) in [7, 11) is 0. The molecule has 0 aliphatic carbocycles. The molecular formula is C9H13F3O2. The third-order valence-corrected chi connectivity index (χ3v) is 1.55. The van der Waals surface area contributed by atoms with Crippen LogP contribution < -0.4 is 0 Å². The van der Waals surface area contributed by atoms with Crippen molar-refractivity contribution in [3.05, 3.63) is 12.7 Å². The first-order valence-electron chi connectivity index (χ1n) is 4.25. The molecule has 5 heteroatoms. The minimum Gasteiger partial charge on any atom is -0.460 e. The van der Waals surface area contributed by atoms with Gasteiger partial charge in [-0.1, -0.05) is 6.58 Å². The van der Waals surface area contributed by atoms with E-state index in [1.807, 2.05) is 0 Å². The van der Waals surface area contributed by atoms with E-state index in [0.717, 1.165) is 6.08 Å². The Hall–Kier alpha value is -1.00. The van der Waals surface area contributed by atoms with Gasteiger partial charge in [-0.25, -0.2) is 4.79 Å². The van der Waals surface area contributed by atoms with Crippen LogP contribution in [-0.2, 0) is 9.53 Å². The van der Waals surface area contributed by atoms with E-state index in [9.17, 15) is 18.0 Å². The molecule has 0 N–H and O–H groups in total. The highest BCUT2D eigenvalue weighted by Crippen LogP contribution is 2.22. The zero-order chi connectivity index (χ0) is 11.2. The maximum absolute atomic E-state index is 11.7. The Morgan fingerprint density at radius 1 is 1.57 bits per heavy atom. The second-order valence-corrected chi connectivity index (χ2v) is 2.96. The number of ether oxygens (including phenoxy) is 1. The van der Waals surface area contributed by atoms with Gasteiger partial charge in [0.1, 0.15) is 0 Å². The summed E-state index contributed by atoms with van der Waals surface area (Å²) in [5.41, 5.74) is 0. The molecule has 0 saturated carbocycles. The molecule has 0 aromatic rings. The van der Waals surface area contributed by atoms with Crippen molar-refractivity contribution < 1.29 is 22.7 Å². The van der Waals surface area contributed by atoms with E-state index in [1.54, 1.807) is 6.92 Å². The fourth-order valence-electron chi connectivity index (χ4n) is 0.895. The van der Waals surface area contributed by atoms with Gasteiger partial charge in [0.25, 0.3) is 0 Å². The van der Waals surface area contributed by atoms with Crippen LogP contribution in [0.3, 0.4) is 0 Å². The highest BCUT2D eigenvalue weighted by Gasteiger charge is 2.26. The van der Waals surface area contributed by atoms with Crippen molar-refractivity contribution >= 4 is 5.97 Å². The summed E-state index contributed by atoms with van der Waals surface area (Å²) in [6, 6.07) is 0. The van der Waals surface area contributed by atoms with Crippen LogP contribution in [0.4, 0.5) is 13.2 Å². The maximum atomic E-state index is 11.7. The summed E-state index contributed by atoms with van der Waals surface area (Å²) in [6.07, 6.45) is -4.32. The van der Waals surface area contributed by atoms with Crippen LogP contribution in [-0.4, -0.2) is 18.2 Å². The number of alkyl halides is 3. The van der Waals surface area contributed by atoms with Gasteiger partial charge in [-0.3, -0.25) is 0 Å². The first-order valence-corrected chi connectivity index (χ1v) is 4.25. The Morgan fingerprint density at radius 2 is 2.14 bits per heavy atom. The lowest BCUT2D eigenvalue weighted by molar-refractivity contribution is -0.144. The van der Waals surface area contributed by atoms with Gasteiger partial charge in [0.2, 0.25) is 0 Å². The van der Waals surface area contributed by atoms with Crippen molar-refractivity contribution in [3.63, 3.8) is 0 Å². The standard InChI is InChI=1S/C9H13F3O2/c1-3-8(13)14-7(2)5-4-6-9(10,11)12/h3,7H,1,4-6H2,2H3. The van der Waals surface area contributed by atoms with Crippen LogP contribution >= 0.6 is 0 Å². The average Bonchev–Trinajstić information content (AvgIpc) is 2.01. The Kier molecular flexibility index (Phi) is 5.27. The topological polar surface area (TPSA) is 26.3 Å². The molecule has 82 valence electrons. The Balaban J connectivity index is 3.59. The van der Waals surface area contributed by atoms with Gasteiger partial charge in [-0.15, -0.1) is 0 Å².